The van der Waals surface area contributed by atoms with Crippen molar-refractivity contribution in [2.45, 2.75) is 59.2 Å². The van der Waals surface area contributed by atoms with Crippen LogP contribution >= 0.6 is 0 Å². The average Bonchev–Trinajstić information content (AvgIpc) is 3.21. The number of nitrogens with zero attached hydrogens (tertiary/aromatic N) is 3. The molecular weight excluding hydrogens is 414 g/mol. The third kappa shape index (κ3) is 4.99. The van der Waals surface area contributed by atoms with E-state index < -0.39 is 0 Å². The van der Waals surface area contributed by atoms with E-state index in [1.54, 1.807) is 0 Å². The summed E-state index contributed by atoms with van der Waals surface area (Å²) in [5.74, 6) is 1.45. The number of carbonyl (C=O) groups excluding carboxylic acids is 1. The molecule has 1 aliphatic heterocycles. The number of nitrogens with one attached hydrogen (secondary N) is 2. The van der Waals surface area contributed by atoms with Gasteiger partial charge in [-0.15, -0.1) is 0 Å². The molecule has 0 fully saturated rings. The monoisotopic (exact) mass is 451 g/mol. The number of benzene rings is 1. The number of likely N-dealkylation sites (N-methyl/N-ethyl adjacent to an activating group) is 1. The number of amides is 1. The Morgan fingerprint density at radius 1 is 1.33 bits per heavy atom. The Morgan fingerprint density at radius 3 is 2.79 bits per heavy atom. The van der Waals surface area contributed by atoms with Crippen molar-refractivity contribution in [1.29, 1.82) is 0 Å². The van der Waals surface area contributed by atoms with Crippen molar-refractivity contribution >= 4 is 16.8 Å². The lowest BCUT2D eigenvalue weighted by Crippen LogP contribution is -2.47. The maximum absolute atomic E-state index is 13.2. The van der Waals surface area contributed by atoms with Gasteiger partial charge in [-0.05, 0) is 63.9 Å². The summed E-state index contributed by atoms with van der Waals surface area (Å²) in [6.07, 6.45) is 3.87. The van der Waals surface area contributed by atoms with Crippen LogP contribution in [0.2, 0.25) is 0 Å². The Kier molecular flexibility index (Phi) is 6.91. The lowest BCUT2D eigenvalue weighted by molar-refractivity contribution is -0.123. The fourth-order valence-electron chi connectivity index (χ4n) is 4.92. The van der Waals surface area contributed by atoms with Gasteiger partial charge >= 0.3 is 0 Å². The molecule has 3 heterocycles. The summed E-state index contributed by atoms with van der Waals surface area (Å²) in [7, 11) is 4.04. The summed E-state index contributed by atoms with van der Waals surface area (Å²) in [5.41, 5.74) is 5.76. The molecule has 0 saturated heterocycles. The average molecular weight is 452 g/mol. The molecule has 1 aliphatic rings. The Bertz CT molecular complexity index is 1110. The molecule has 1 aromatic carbocycles. The first-order valence-corrected chi connectivity index (χ1v) is 12.0. The Morgan fingerprint density at radius 2 is 2.12 bits per heavy atom. The smallest absolute Gasteiger partial charge is 0.237 e. The Balaban J connectivity index is 1.71. The van der Waals surface area contributed by atoms with E-state index in [2.05, 4.69) is 63.5 Å². The molecule has 2 N–H and O–H groups in total. The van der Waals surface area contributed by atoms with Crippen molar-refractivity contribution in [2.75, 3.05) is 27.2 Å². The third-order valence-corrected chi connectivity index (χ3v) is 6.61. The van der Waals surface area contributed by atoms with Crippen LogP contribution in [0.1, 0.15) is 54.5 Å². The summed E-state index contributed by atoms with van der Waals surface area (Å²) < 4.78 is 7.69. The van der Waals surface area contributed by atoms with E-state index in [9.17, 15) is 4.79 Å². The summed E-state index contributed by atoms with van der Waals surface area (Å²) in [6.45, 7) is 10.6. The molecule has 1 amide bonds. The molecule has 2 aromatic heterocycles. The molecular formula is C26H37N5O2. The molecule has 178 valence electrons. The number of hydrogen-bond acceptors (Lipinski definition) is 5. The number of rotatable bonds is 8. The molecule has 7 heteroatoms. The zero-order valence-electron chi connectivity index (χ0n) is 20.7. The SMILES string of the molecule is Cc1noc(C)c1Cn1cc2c3c(cccc31)C(CC(C)C)NC(C(=O)NCCN(C)C)C2. The number of aryl methyl sites for hydroxylation is 2. The van der Waals surface area contributed by atoms with Gasteiger partial charge in [0.2, 0.25) is 5.91 Å². The topological polar surface area (TPSA) is 75.3 Å². The Hall–Kier alpha value is -2.64. The molecule has 3 aromatic rings. The first kappa shape index (κ1) is 23.5. The van der Waals surface area contributed by atoms with Gasteiger partial charge in [0.15, 0.2) is 0 Å². The second-order valence-corrected chi connectivity index (χ2v) is 10.0. The fraction of sp³-hybridized carbons (Fsp3) is 0.538. The van der Waals surface area contributed by atoms with Gasteiger partial charge in [0.25, 0.3) is 0 Å². The van der Waals surface area contributed by atoms with E-state index in [1.807, 2.05) is 27.9 Å². The van der Waals surface area contributed by atoms with Crippen LogP contribution in [0.25, 0.3) is 10.9 Å². The van der Waals surface area contributed by atoms with Gasteiger partial charge in [-0.25, -0.2) is 0 Å². The molecule has 2 atom stereocenters. The summed E-state index contributed by atoms with van der Waals surface area (Å²) in [6, 6.07) is 6.41. The van der Waals surface area contributed by atoms with Crippen LogP contribution in [0.15, 0.2) is 28.9 Å². The van der Waals surface area contributed by atoms with Crippen molar-refractivity contribution in [1.82, 2.24) is 25.3 Å². The van der Waals surface area contributed by atoms with Crippen LogP contribution in [-0.2, 0) is 17.8 Å². The van der Waals surface area contributed by atoms with Crippen LogP contribution in [0.5, 0.6) is 0 Å². The van der Waals surface area contributed by atoms with Crippen LogP contribution in [0, 0.1) is 19.8 Å². The molecule has 2 unspecified atom stereocenters. The van der Waals surface area contributed by atoms with E-state index in [4.69, 9.17) is 4.52 Å². The van der Waals surface area contributed by atoms with Gasteiger partial charge in [0.05, 0.1) is 18.3 Å². The minimum atomic E-state index is -0.263. The van der Waals surface area contributed by atoms with E-state index in [0.29, 0.717) is 25.4 Å². The highest BCUT2D eigenvalue weighted by molar-refractivity contribution is 5.90. The zero-order valence-corrected chi connectivity index (χ0v) is 20.7. The van der Waals surface area contributed by atoms with Crippen molar-refractivity contribution in [3.8, 4) is 0 Å². The second kappa shape index (κ2) is 9.69. The predicted molar refractivity (Wildman–Crippen MR) is 131 cm³/mol. The molecule has 0 saturated carbocycles. The van der Waals surface area contributed by atoms with Crippen molar-refractivity contribution in [3.05, 3.63) is 52.5 Å². The number of hydrogen-bond donors (Lipinski definition) is 2. The third-order valence-electron chi connectivity index (χ3n) is 6.61. The van der Waals surface area contributed by atoms with Gasteiger partial charge in [0.1, 0.15) is 5.76 Å². The van der Waals surface area contributed by atoms with Gasteiger partial charge in [0, 0.05) is 41.8 Å². The summed E-state index contributed by atoms with van der Waals surface area (Å²) >= 11 is 0. The molecule has 0 spiro atoms. The molecule has 4 rings (SSSR count). The van der Waals surface area contributed by atoms with E-state index in [-0.39, 0.29) is 18.0 Å². The van der Waals surface area contributed by atoms with Gasteiger partial charge in [-0.1, -0.05) is 31.1 Å². The standard InChI is InChI=1S/C26H37N5O2/c1-16(2)12-22-20-8-7-9-24-25(20)19(13-23(28-22)26(32)27-10-11-30(5)6)14-31(24)15-21-17(3)29-33-18(21)4/h7-9,14,16,22-23,28H,10-13,15H2,1-6H3,(H,27,32). The van der Waals surface area contributed by atoms with Crippen LogP contribution in [0.3, 0.4) is 0 Å². The molecule has 0 aliphatic carbocycles. The maximum Gasteiger partial charge on any atom is 0.237 e. The van der Waals surface area contributed by atoms with Crippen LogP contribution in [0.4, 0.5) is 0 Å². The number of carbonyl (C=O) groups is 1. The highest BCUT2D eigenvalue weighted by Gasteiger charge is 2.31. The van der Waals surface area contributed by atoms with E-state index in [0.717, 1.165) is 30.0 Å². The lowest BCUT2D eigenvalue weighted by Gasteiger charge is -2.25. The Labute approximate surface area is 196 Å². The first-order valence-electron chi connectivity index (χ1n) is 12.0. The van der Waals surface area contributed by atoms with E-state index in [1.165, 1.54) is 22.0 Å². The summed E-state index contributed by atoms with van der Waals surface area (Å²) in [5, 5.41) is 12.2. The van der Waals surface area contributed by atoms with Gasteiger partial charge < -0.3 is 19.3 Å². The van der Waals surface area contributed by atoms with E-state index >= 15 is 0 Å². The van der Waals surface area contributed by atoms with Crippen molar-refractivity contribution < 1.29 is 9.32 Å². The molecule has 33 heavy (non-hydrogen) atoms. The van der Waals surface area contributed by atoms with Gasteiger partial charge in [-0.3, -0.25) is 10.1 Å². The maximum atomic E-state index is 13.2. The molecule has 0 radical (unpaired) electrons. The van der Waals surface area contributed by atoms with Crippen LogP contribution in [-0.4, -0.2) is 53.8 Å². The van der Waals surface area contributed by atoms with Crippen LogP contribution < -0.4 is 10.6 Å². The van der Waals surface area contributed by atoms with Crippen molar-refractivity contribution in [2.24, 2.45) is 5.92 Å². The largest absolute Gasteiger partial charge is 0.361 e. The molecule has 0 bridgehead atoms. The predicted octanol–water partition coefficient (Wildman–Crippen LogP) is 3.57. The second-order valence-electron chi connectivity index (χ2n) is 10.0. The quantitative estimate of drug-likeness (QED) is 0.548. The first-order chi connectivity index (χ1) is 15.7. The summed E-state index contributed by atoms with van der Waals surface area (Å²) in [4.78, 5) is 15.2. The number of aromatic nitrogens is 2. The normalized spacial score (nSPS) is 18.3. The minimum absolute atomic E-state index is 0.0741. The van der Waals surface area contributed by atoms with Crippen molar-refractivity contribution in [3.63, 3.8) is 0 Å². The highest BCUT2D eigenvalue weighted by Crippen LogP contribution is 2.36. The minimum Gasteiger partial charge on any atom is -0.361 e. The lowest BCUT2D eigenvalue weighted by atomic mass is 9.94. The highest BCUT2D eigenvalue weighted by atomic mass is 16.5. The zero-order chi connectivity index (χ0) is 23.7. The molecule has 7 nitrogen and oxygen atoms in total. The fourth-order valence-corrected chi connectivity index (χ4v) is 4.92. The van der Waals surface area contributed by atoms with Gasteiger partial charge in [-0.2, -0.15) is 0 Å².